The molecule has 13 nitrogen and oxygen atoms in total. The van der Waals surface area contributed by atoms with Gasteiger partial charge >= 0.3 is 5.97 Å². The zero-order chi connectivity index (χ0) is 46.2. The van der Waals surface area contributed by atoms with E-state index < -0.39 is 77.8 Å². The van der Waals surface area contributed by atoms with Crippen LogP contribution in [0.1, 0.15) is 119 Å². The Kier molecular flexibility index (Phi) is 18.5. The molecular weight excluding hydrogens is 807 g/mol. The van der Waals surface area contributed by atoms with E-state index in [1.54, 1.807) is 48.2 Å². The molecule has 1 unspecified atom stereocenters. The van der Waals surface area contributed by atoms with Gasteiger partial charge in [0, 0.05) is 58.5 Å². The normalized spacial score (nSPS) is 42.8. The second kappa shape index (κ2) is 22.9. The van der Waals surface area contributed by atoms with Crippen LogP contribution in [0.5, 0.6) is 0 Å². The largest absolute Gasteiger partial charge is 0.460 e. The molecule has 0 radical (unpaired) electrons. The van der Waals surface area contributed by atoms with Crippen LogP contribution < -0.4 is 0 Å². The molecule has 354 valence electrons. The SMILES string of the molecule is CO[C@H]1C[C@@H]2CC[C@@H](C)[C@@](O)(O2)C(=O)C(=O)N2CCCC3[C@H]2C(=O)O[C@@H](CC(=O)[C@H](C)/C=C(\C)[C@@H](O)[C@@H](OC)C[C@H](C)C[C@H](C)/C=C/C=C/C=C1C)[C@H]3C[C@@H]1CC[C@@H](O)[C@H](OC)C1. The average molecular weight is 884 g/mol. The van der Waals surface area contributed by atoms with Crippen molar-refractivity contribution < 1.29 is 58.2 Å². The van der Waals surface area contributed by atoms with E-state index in [1.165, 1.54) is 4.90 Å². The van der Waals surface area contributed by atoms with Crippen LogP contribution >= 0.6 is 0 Å². The first-order valence-corrected chi connectivity index (χ1v) is 23.5. The Morgan fingerprint density at radius 3 is 2.25 bits per heavy atom. The van der Waals surface area contributed by atoms with Crippen molar-refractivity contribution in [3.05, 3.63) is 47.6 Å². The van der Waals surface area contributed by atoms with Gasteiger partial charge in [0.1, 0.15) is 24.0 Å². The van der Waals surface area contributed by atoms with Crippen molar-refractivity contribution in [2.24, 2.45) is 41.4 Å². The van der Waals surface area contributed by atoms with Crippen LogP contribution in [0.15, 0.2) is 47.6 Å². The van der Waals surface area contributed by atoms with Crippen molar-refractivity contribution in [3.8, 4) is 0 Å². The number of carbonyl (C=O) groups excluding carboxylic acids is 4. The third-order valence-electron chi connectivity index (χ3n) is 14.9. The minimum atomic E-state index is -2.41. The van der Waals surface area contributed by atoms with Crippen molar-refractivity contribution in [2.75, 3.05) is 27.9 Å². The number of esters is 1. The highest BCUT2D eigenvalue weighted by atomic mass is 16.6. The fraction of sp³-hybridized carbons (Fsp3) is 0.760. The molecule has 0 aromatic rings. The predicted molar refractivity (Wildman–Crippen MR) is 238 cm³/mol. The van der Waals surface area contributed by atoms with E-state index in [2.05, 4.69) is 19.9 Å². The number of piperidine rings is 1. The predicted octanol–water partition coefficient (Wildman–Crippen LogP) is 6.22. The Hall–Kier alpha value is -3.04. The molecule has 1 saturated carbocycles. The molecule has 1 aliphatic carbocycles. The lowest BCUT2D eigenvalue weighted by Gasteiger charge is -2.50. The molecule has 0 spiro atoms. The van der Waals surface area contributed by atoms with Gasteiger partial charge < -0.3 is 43.9 Å². The van der Waals surface area contributed by atoms with Gasteiger partial charge in [0.05, 0.1) is 30.5 Å². The second-order valence-electron chi connectivity index (χ2n) is 19.7. The quantitative estimate of drug-likeness (QED) is 0.162. The number of carbonyl (C=O) groups is 4. The number of hydrogen-bond donors (Lipinski definition) is 3. The van der Waals surface area contributed by atoms with E-state index in [0.717, 1.165) is 18.4 Å². The number of nitrogens with zero attached hydrogens (tertiary/aromatic N) is 1. The Morgan fingerprint density at radius 1 is 0.825 bits per heavy atom. The number of fused-ring (bicyclic) bond motifs is 3. The van der Waals surface area contributed by atoms with Crippen molar-refractivity contribution in [2.45, 2.75) is 173 Å². The number of aliphatic hydroxyl groups excluding tert-OH is 2. The molecule has 16 atom stereocenters. The lowest BCUT2D eigenvalue weighted by Crippen LogP contribution is -2.65. The van der Waals surface area contributed by atoms with Crippen molar-refractivity contribution in [1.82, 2.24) is 4.90 Å². The summed E-state index contributed by atoms with van der Waals surface area (Å²) in [5, 5.41) is 34.1. The van der Waals surface area contributed by atoms with Crippen LogP contribution in [0, 0.1) is 41.4 Å². The number of rotatable bonds is 5. The minimum absolute atomic E-state index is 0.0639. The van der Waals surface area contributed by atoms with Gasteiger partial charge in [-0.2, -0.15) is 0 Å². The third-order valence-corrected chi connectivity index (χ3v) is 14.9. The molecule has 4 heterocycles. The number of Topliss-reactive ketones (excluding diaryl/α,β-unsaturated/α-hetero) is 2. The van der Waals surface area contributed by atoms with E-state index in [-0.39, 0.29) is 54.6 Å². The van der Waals surface area contributed by atoms with Gasteiger partial charge in [-0.25, -0.2) is 4.79 Å². The van der Waals surface area contributed by atoms with Gasteiger partial charge in [-0.1, -0.05) is 64.2 Å². The van der Waals surface area contributed by atoms with E-state index in [0.29, 0.717) is 63.4 Å². The van der Waals surface area contributed by atoms with Crippen LogP contribution in [0.25, 0.3) is 0 Å². The van der Waals surface area contributed by atoms with Gasteiger partial charge in [0.15, 0.2) is 0 Å². The number of amides is 1. The molecule has 5 aliphatic rings. The number of methoxy groups -OCH3 is 3. The van der Waals surface area contributed by atoms with Crippen LogP contribution in [0.3, 0.4) is 0 Å². The molecule has 6 bridgehead atoms. The Morgan fingerprint density at radius 2 is 1.56 bits per heavy atom. The molecule has 0 aromatic carbocycles. The summed E-state index contributed by atoms with van der Waals surface area (Å²) in [6.45, 7) is 11.7. The van der Waals surface area contributed by atoms with Gasteiger partial charge in [-0.3, -0.25) is 14.4 Å². The smallest absolute Gasteiger partial charge is 0.329 e. The summed E-state index contributed by atoms with van der Waals surface area (Å²) in [6.07, 6.45) is 13.9. The van der Waals surface area contributed by atoms with E-state index in [4.69, 9.17) is 23.7 Å². The zero-order valence-electron chi connectivity index (χ0n) is 39.3. The van der Waals surface area contributed by atoms with Crippen molar-refractivity contribution in [3.63, 3.8) is 0 Å². The summed E-state index contributed by atoms with van der Waals surface area (Å²) in [7, 11) is 4.78. The monoisotopic (exact) mass is 884 g/mol. The first-order valence-electron chi connectivity index (χ1n) is 23.5. The summed E-state index contributed by atoms with van der Waals surface area (Å²) >= 11 is 0. The summed E-state index contributed by atoms with van der Waals surface area (Å²) in [4.78, 5) is 58.4. The van der Waals surface area contributed by atoms with E-state index in [9.17, 15) is 34.5 Å². The Balaban J connectivity index is 1.49. The van der Waals surface area contributed by atoms with Crippen molar-refractivity contribution >= 4 is 23.4 Å². The minimum Gasteiger partial charge on any atom is -0.460 e. The molecule has 1 amide bonds. The van der Waals surface area contributed by atoms with Gasteiger partial charge in [0.2, 0.25) is 5.79 Å². The van der Waals surface area contributed by atoms with E-state index >= 15 is 0 Å². The molecule has 63 heavy (non-hydrogen) atoms. The standard InChI is InChI=1S/C50H77NO12/c1-29-14-11-10-12-15-31(3)41(59-7)27-36-19-17-34(6)50(58,63-36)47(55)48(56)51-21-13-16-37-38(25-35-18-20-39(52)43(26-35)60-8)42(62-49(57)45(37)51)28-40(53)32(4)24-33(5)46(54)44(61-9)23-30(2)22-29/h10-12,14-15,24,29-30,32,34-39,41-46,52,54,58H,13,16-23,25-28H2,1-9H3/b12-10+,14-11+,31-15?,33-24+/t29-,30-,32-,34-,35+,36+,37?,38+,39-,41+,42+,43-,44+,45+,46-,50-/m1/s1. The maximum atomic E-state index is 14.4. The van der Waals surface area contributed by atoms with Crippen molar-refractivity contribution in [1.29, 1.82) is 0 Å². The maximum absolute atomic E-state index is 14.4. The average Bonchev–Trinajstić information content (AvgIpc) is 3.25. The van der Waals surface area contributed by atoms with Crippen LogP contribution in [0.2, 0.25) is 0 Å². The molecule has 3 saturated heterocycles. The summed E-state index contributed by atoms with van der Waals surface area (Å²) in [5.74, 6) is -6.81. The Bertz CT molecular complexity index is 1710. The Labute approximate surface area is 375 Å². The first-order chi connectivity index (χ1) is 29.9. The number of ketones is 2. The third kappa shape index (κ3) is 12.4. The number of ether oxygens (including phenoxy) is 5. The number of aliphatic hydroxyl groups is 3. The van der Waals surface area contributed by atoms with Crippen LogP contribution in [-0.4, -0.2) is 126 Å². The fourth-order valence-electron chi connectivity index (χ4n) is 11.1. The summed E-state index contributed by atoms with van der Waals surface area (Å²) in [5.41, 5.74) is 1.55. The lowest BCUT2D eigenvalue weighted by molar-refractivity contribution is -0.266. The van der Waals surface area contributed by atoms with Crippen LogP contribution in [-0.2, 0) is 42.9 Å². The maximum Gasteiger partial charge on any atom is 0.329 e. The molecule has 4 aliphatic heterocycles. The van der Waals surface area contributed by atoms with E-state index in [1.807, 2.05) is 31.2 Å². The number of allylic oxidation sites excluding steroid dienone is 6. The lowest BCUT2D eigenvalue weighted by atomic mass is 9.68. The summed E-state index contributed by atoms with van der Waals surface area (Å²) in [6, 6.07) is -1.09. The molecule has 0 aromatic heterocycles. The molecule has 13 heteroatoms. The van der Waals surface area contributed by atoms with Gasteiger partial charge in [-0.05, 0) is 113 Å². The van der Waals surface area contributed by atoms with Crippen LogP contribution in [0.4, 0.5) is 0 Å². The number of hydrogen-bond acceptors (Lipinski definition) is 12. The van der Waals surface area contributed by atoms with Gasteiger partial charge in [0.25, 0.3) is 11.7 Å². The highest BCUT2D eigenvalue weighted by Gasteiger charge is 2.57. The molecule has 5 rings (SSSR count). The van der Waals surface area contributed by atoms with Gasteiger partial charge in [-0.15, -0.1) is 0 Å². The zero-order valence-corrected chi connectivity index (χ0v) is 39.3. The highest BCUT2D eigenvalue weighted by Crippen LogP contribution is 2.45. The fourth-order valence-corrected chi connectivity index (χ4v) is 11.1. The molecule has 3 N–H and O–H groups in total. The first kappa shape index (κ1) is 51.0. The summed E-state index contributed by atoms with van der Waals surface area (Å²) < 4.78 is 29.7. The topological polar surface area (TPSA) is 178 Å². The molecule has 4 fully saturated rings. The highest BCUT2D eigenvalue weighted by molar-refractivity contribution is 6.39. The second-order valence-corrected chi connectivity index (χ2v) is 19.7. The molecular formula is C50H77NO12.